The van der Waals surface area contributed by atoms with Gasteiger partial charge in [-0.15, -0.1) is 10.2 Å². The average molecular weight is 499 g/mol. The number of amides is 1. The second-order valence-electron chi connectivity index (χ2n) is 10.1. The third-order valence-corrected chi connectivity index (χ3v) is 7.37. The Morgan fingerprint density at radius 3 is 2.38 bits per heavy atom. The first-order valence-electron chi connectivity index (χ1n) is 12.9. The standard InChI is InChI=1S/C29H34N6O2/c1-20-17-21(2)19-24(18-20)34-15-16-35-26(30-31-28(35)29(34)37)9-6-10-27(36)33-13-11-32(12-14-33)25-8-5-7-22(3)23(25)4/h5,7-8,15-19H,6,9-14H2,1-4H3. The molecule has 2 aromatic carbocycles. The molecule has 1 fully saturated rings. The van der Waals surface area contributed by atoms with Gasteiger partial charge < -0.3 is 9.80 Å². The summed E-state index contributed by atoms with van der Waals surface area (Å²) in [5.41, 5.74) is 6.97. The average Bonchev–Trinajstić information content (AvgIpc) is 3.29. The van der Waals surface area contributed by atoms with Crippen LogP contribution < -0.4 is 10.5 Å². The third kappa shape index (κ3) is 5.01. The molecule has 37 heavy (non-hydrogen) atoms. The number of carbonyl (C=O) groups excluding carboxylic acids is 1. The number of rotatable bonds is 6. The molecule has 8 nitrogen and oxygen atoms in total. The van der Waals surface area contributed by atoms with Crippen molar-refractivity contribution in [3.63, 3.8) is 0 Å². The Morgan fingerprint density at radius 2 is 1.65 bits per heavy atom. The Balaban J connectivity index is 1.19. The van der Waals surface area contributed by atoms with Crippen LogP contribution in [0.25, 0.3) is 11.3 Å². The van der Waals surface area contributed by atoms with Crippen LogP contribution in [0.5, 0.6) is 0 Å². The summed E-state index contributed by atoms with van der Waals surface area (Å²) in [6.07, 6.45) is 5.30. The second-order valence-corrected chi connectivity index (χ2v) is 10.1. The van der Waals surface area contributed by atoms with Crippen LogP contribution in [-0.2, 0) is 11.2 Å². The summed E-state index contributed by atoms with van der Waals surface area (Å²) in [6.45, 7) is 11.5. The highest BCUT2D eigenvalue weighted by Gasteiger charge is 2.22. The molecule has 0 spiro atoms. The molecule has 0 saturated carbocycles. The second kappa shape index (κ2) is 10.2. The van der Waals surface area contributed by atoms with Gasteiger partial charge in [0.2, 0.25) is 11.6 Å². The highest BCUT2D eigenvalue weighted by Crippen LogP contribution is 2.24. The molecule has 1 saturated heterocycles. The van der Waals surface area contributed by atoms with Crippen molar-refractivity contribution in [2.45, 2.75) is 47.0 Å². The molecule has 4 aromatic rings. The van der Waals surface area contributed by atoms with Crippen LogP contribution in [0.3, 0.4) is 0 Å². The van der Waals surface area contributed by atoms with E-state index in [4.69, 9.17) is 0 Å². The molecule has 0 radical (unpaired) electrons. The largest absolute Gasteiger partial charge is 0.368 e. The van der Waals surface area contributed by atoms with Crippen LogP contribution >= 0.6 is 0 Å². The van der Waals surface area contributed by atoms with Gasteiger partial charge in [0, 0.05) is 62.8 Å². The van der Waals surface area contributed by atoms with E-state index in [2.05, 4.69) is 53.2 Å². The Labute approximate surface area is 217 Å². The normalized spacial score (nSPS) is 13.9. The third-order valence-electron chi connectivity index (χ3n) is 7.37. The van der Waals surface area contributed by atoms with Crippen molar-refractivity contribution < 1.29 is 4.79 Å². The summed E-state index contributed by atoms with van der Waals surface area (Å²) in [6, 6.07) is 12.4. The van der Waals surface area contributed by atoms with E-state index in [-0.39, 0.29) is 11.5 Å². The maximum atomic E-state index is 13.1. The van der Waals surface area contributed by atoms with Gasteiger partial charge in [0.05, 0.1) is 0 Å². The van der Waals surface area contributed by atoms with Crippen molar-refractivity contribution in [2.24, 2.45) is 0 Å². The van der Waals surface area contributed by atoms with E-state index in [1.165, 1.54) is 16.8 Å². The molecule has 0 unspecified atom stereocenters. The lowest BCUT2D eigenvalue weighted by Gasteiger charge is -2.37. The van der Waals surface area contributed by atoms with Crippen LogP contribution in [0.2, 0.25) is 0 Å². The van der Waals surface area contributed by atoms with Crippen molar-refractivity contribution in [1.29, 1.82) is 0 Å². The van der Waals surface area contributed by atoms with Crippen LogP contribution in [0.4, 0.5) is 5.69 Å². The number of hydrogen-bond donors (Lipinski definition) is 0. The van der Waals surface area contributed by atoms with Gasteiger partial charge in [0.25, 0.3) is 0 Å². The van der Waals surface area contributed by atoms with E-state index in [1.54, 1.807) is 15.2 Å². The molecule has 8 heteroatoms. The fraction of sp³-hybridized carbons (Fsp3) is 0.379. The number of anilines is 1. The molecule has 1 aliphatic rings. The molecular formula is C29H34N6O2. The lowest BCUT2D eigenvalue weighted by molar-refractivity contribution is -0.131. The SMILES string of the molecule is Cc1cc(C)cc(-n2ccn3c(CCCC(=O)N4CCN(c5cccc(C)c5C)CC4)nnc3c2=O)c1. The van der Waals surface area contributed by atoms with E-state index in [1.807, 2.05) is 37.1 Å². The van der Waals surface area contributed by atoms with Crippen LogP contribution in [0, 0.1) is 27.7 Å². The Kier molecular flexibility index (Phi) is 6.82. The number of benzene rings is 2. The van der Waals surface area contributed by atoms with Gasteiger partial charge in [-0.25, -0.2) is 0 Å². The number of aryl methyl sites for hydroxylation is 4. The van der Waals surface area contributed by atoms with Crippen LogP contribution in [0.15, 0.2) is 53.6 Å². The van der Waals surface area contributed by atoms with Gasteiger partial charge in [-0.05, 0) is 74.6 Å². The van der Waals surface area contributed by atoms with Gasteiger partial charge in [0.1, 0.15) is 5.82 Å². The van der Waals surface area contributed by atoms with Crippen molar-refractivity contribution in [3.05, 3.63) is 87.2 Å². The van der Waals surface area contributed by atoms with Gasteiger partial charge in [-0.3, -0.25) is 18.6 Å². The van der Waals surface area contributed by atoms with Gasteiger partial charge in [-0.2, -0.15) is 0 Å². The monoisotopic (exact) mass is 498 g/mol. The zero-order valence-electron chi connectivity index (χ0n) is 22.1. The van der Waals surface area contributed by atoms with E-state index in [0.29, 0.717) is 30.7 Å². The minimum Gasteiger partial charge on any atom is -0.368 e. The zero-order chi connectivity index (χ0) is 26.1. The molecule has 0 bridgehead atoms. The molecule has 1 amide bonds. The topological polar surface area (TPSA) is 75.7 Å². The molecule has 0 atom stereocenters. The Hall–Kier alpha value is -3.94. The first kappa shape index (κ1) is 24.7. The molecular weight excluding hydrogens is 464 g/mol. The van der Waals surface area contributed by atoms with E-state index < -0.39 is 0 Å². The predicted octanol–water partition coefficient (Wildman–Crippen LogP) is 3.79. The number of carbonyl (C=O) groups is 1. The molecule has 192 valence electrons. The highest BCUT2D eigenvalue weighted by molar-refractivity contribution is 5.76. The number of nitrogens with zero attached hydrogens (tertiary/aromatic N) is 6. The number of piperazine rings is 1. The van der Waals surface area contributed by atoms with Crippen molar-refractivity contribution >= 4 is 17.2 Å². The quantitative estimate of drug-likeness (QED) is 0.404. The summed E-state index contributed by atoms with van der Waals surface area (Å²) < 4.78 is 3.35. The maximum Gasteiger partial charge on any atom is 0.300 e. The highest BCUT2D eigenvalue weighted by atomic mass is 16.2. The van der Waals surface area contributed by atoms with Gasteiger partial charge in [0.15, 0.2) is 0 Å². The summed E-state index contributed by atoms with van der Waals surface area (Å²) in [7, 11) is 0. The summed E-state index contributed by atoms with van der Waals surface area (Å²) >= 11 is 0. The predicted molar refractivity (Wildman–Crippen MR) is 146 cm³/mol. The molecule has 3 heterocycles. The van der Waals surface area contributed by atoms with Crippen molar-refractivity contribution in [1.82, 2.24) is 24.1 Å². The van der Waals surface area contributed by atoms with E-state index >= 15 is 0 Å². The summed E-state index contributed by atoms with van der Waals surface area (Å²) in [5, 5.41) is 8.43. The number of aromatic nitrogens is 4. The smallest absolute Gasteiger partial charge is 0.300 e. The van der Waals surface area contributed by atoms with E-state index in [0.717, 1.165) is 43.0 Å². The van der Waals surface area contributed by atoms with Crippen molar-refractivity contribution in [2.75, 3.05) is 31.1 Å². The first-order chi connectivity index (χ1) is 17.8. The fourth-order valence-corrected chi connectivity index (χ4v) is 5.23. The lowest BCUT2D eigenvalue weighted by atomic mass is 10.1. The molecule has 2 aromatic heterocycles. The summed E-state index contributed by atoms with van der Waals surface area (Å²) in [4.78, 5) is 30.3. The Morgan fingerprint density at radius 1 is 0.919 bits per heavy atom. The fourth-order valence-electron chi connectivity index (χ4n) is 5.23. The van der Waals surface area contributed by atoms with E-state index in [9.17, 15) is 9.59 Å². The van der Waals surface area contributed by atoms with Crippen LogP contribution in [0.1, 0.15) is 40.9 Å². The lowest BCUT2D eigenvalue weighted by Crippen LogP contribution is -2.49. The Bertz CT molecular complexity index is 1490. The number of hydrogen-bond acceptors (Lipinski definition) is 5. The molecule has 0 N–H and O–H groups in total. The number of fused-ring (bicyclic) bond motifs is 1. The minimum atomic E-state index is -0.205. The summed E-state index contributed by atoms with van der Waals surface area (Å²) in [5.74, 6) is 0.874. The molecule has 5 rings (SSSR count). The zero-order valence-corrected chi connectivity index (χ0v) is 22.1. The van der Waals surface area contributed by atoms with Crippen molar-refractivity contribution in [3.8, 4) is 5.69 Å². The van der Waals surface area contributed by atoms with Crippen LogP contribution in [-0.4, -0.2) is 56.2 Å². The molecule has 0 aliphatic carbocycles. The minimum absolute atomic E-state index is 0.173. The van der Waals surface area contributed by atoms with Gasteiger partial charge >= 0.3 is 5.56 Å². The first-order valence-corrected chi connectivity index (χ1v) is 12.9. The maximum absolute atomic E-state index is 13.1. The van der Waals surface area contributed by atoms with Gasteiger partial charge in [-0.1, -0.05) is 18.2 Å². The molecule has 1 aliphatic heterocycles.